The number of guanidine groups is 1. The summed E-state index contributed by atoms with van der Waals surface area (Å²) < 4.78 is 19.0. The molecule has 3 N–H and O–H groups in total. The van der Waals surface area contributed by atoms with Gasteiger partial charge in [-0.3, -0.25) is 9.89 Å². The molecule has 24 heavy (non-hydrogen) atoms. The molecule has 0 aromatic heterocycles. The van der Waals surface area contributed by atoms with E-state index in [0.29, 0.717) is 32.3 Å². The number of nitrogens with zero attached hydrogens (tertiary/aromatic N) is 2. The molecular weight excluding hydrogens is 422 g/mol. The molecule has 1 unspecified atom stereocenters. The van der Waals surface area contributed by atoms with Gasteiger partial charge in [0.05, 0.1) is 25.8 Å². The molecule has 0 spiro atoms. The van der Waals surface area contributed by atoms with Crippen molar-refractivity contribution in [2.45, 2.75) is 13.0 Å². The monoisotopic (exact) mass is 448 g/mol. The third-order valence-corrected chi connectivity index (χ3v) is 3.73. The number of ether oxygens (including phenoxy) is 1. The SMILES string of the molecule is C=C(C)CNC(N)=NCC(c1cccc(F)c1)N1CCOCC1.I. The largest absolute Gasteiger partial charge is 0.379 e. The first-order valence-electron chi connectivity index (χ1n) is 7.81. The fourth-order valence-corrected chi connectivity index (χ4v) is 2.52. The Kier molecular flexibility index (Phi) is 9.24. The van der Waals surface area contributed by atoms with E-state index in [4.69, 9.17) is 10.5 Å². The molecular formula is C17H26FIN4O. The standard InChI is InChI=1S/C17H25FN4O.HI/c1-13(2)11-20-17(19)21-12-16(22-6-8-23-9-7-22)14-4-3-5-15(18)10-14;/h3-5,10,16H,1,6-9,11-12H2,2H3,(H3,19,20,21);1H. The van der Waals surface area contributed by atoms with E-state index in [1.165, 1.54) is 6.07 Å². The lowest BCUT2D eigenvalue weighted by Gasteiger charge is -2.34. The van der Waals surface area contributed by atoms with Gasteiger partial charge in [-0.05, 0) is 24.6 Å². The maximum Gasteiger partial charge on any atom is 0.188 e. The van der Waals surface area contributed by atoms with Crippen molar-refractivity contribution >= 4 is 29.9 Å². The van der Waals surface area contributed by atoms with Crippen molar-refractivity contribution in [2.75, 3.05) is 39.4 Å². The highest BCUT2D eigenvalue weighted by atomic mass is 127. The van der Waals surface area contributed by atoms with Crippen LogP contribution < -0.4 is 11.1 Å². The summed E-state index contributed by atoms with van der Waals surface area (Å²) in [6.07, 6.45) is 0. The predicted molar refractivity (Wildman–Crippen MR) is 106 cm³/mol. The Bertz CT molecular complexity index is 561. The minimum Gasteiger partial charge on any atom is -0.379 e. The quantitative estimate of drug-likeness (QED) is 0.304. The van der Waals surface area contributed by atoms with Crippen molar-refractivity contribution in [2.24, 2.45) is 10.7 Å². The van der Waals surface area contributed by atoms with Crippen LogP contribution in [0.1, 0.15) is 18.5 Å². The molecule has 1 aromatic carbocycles. The van der Waals surface area contributed by atoms with Gasteiger partial charge >= 0.3 is 0 Å². The maximum absolute atomic E-state index is 13.6. The van der Waals surface area contributed by atoms with Crippen LogP contribution in [0, 0.1) is 5.82 Å². The van der Waals surface area contributed by atoms with E-state index in [0.717, 1.165) is 24.2 Å². The first-order chi connectivity index (χ1) is 11.1. The maximum atomic E-state index is 13.6. The lowest BCUT2D eigenvalue weighted by atomic mass is 10.0. The van der Waals surface area contributed by atoms with Gasteiger partial charge in [0.1, 0.15) is 5.82 Å². The summed E-state index contributed by atoms with van der Waals surface area (Å²) in [5, 5.41) is 3.01. The molecule has 0 bridgehead atoms. The van der Waals surface area contributed by atoms with Crippen LogP contribution in [0.2, 0.25) is 0 Å². The number of nitrogens with two attached hydrogens (primary N) is 1. The van der Waals surface area contributed by atoms with Gasteiger partial charge in [0.25, 0.3) is 0 Å². The van der Waals surface area contributed by atoms with E-state index in [-0.39, 0.29) is 35.8 Å². The molecule has 1 saturated heterocycles. The highest BCUT2D eigenvalue weighted by Crippen LogP contribution is 2.23. The van der Waals surface area contributed by atoms with Crippen LogP contribution in [0.4, 0.5) is 4.39 Å². The molecule has 0 amide bonds. The number of hydrogen-bond donors (Lipinski definition) is 2. The normalized spacial score (nSPS) is 17.0. The molecule has 1 heterocycles. The van der Waals surface area contributed by atoms with Gasteiger partial charge in [0, 0.05) is 19.6 Å². The minimum atomic E-state index is -0.238. The van der Waals surface area contributed by atoms with Gasteiger partial charge in [-0.1, -0.05) is 24.3 Å². The summed E-state index contributed by atoms with van der Waals surface area (Å²) in [7, 11) is 0. The third-order valence-electron chi connectivity index (χ3n) is 3.73. The zero-order valence-electron chi connectivity index (χ0n) is 14.0. The molecule has 1 aliphatic rings. The first-order valence-corrected chi connectivity index (χ1v) is 7.81. The summed E-state index contributed by atoms with van der Waals surface area (Å²) in [5.74, 6) is 0.140. The highest BCUT2D eigenvalue weighted by Gasteiger charge is 2.22. The fraction of sp³-hybridized carbons (Fsp3) is 0.471. The summed E-state index contributed by atoms with van der Waals surface area (Å²) in [6, 6.07) is 6.65. The van der Waals surface area contributed by atoms with Crippen LogP contribution in [0.5, 0.6) is 0 Å². The van der Waals surface area contributed by atoms with Gasteiger partial charge in [-0.2, -0.15) is 0 Å². The molecule has 1 fully saturated rings. The summed E-state index contributed by atoms with van der Waals surface area (Å²) in [4.78, 5) is 6.67. The molecule has 2 rings (SSSR count). The Morgan fingerprint density at radius 2 is 2.17 bits per heavy atom. The van der Waals surface area contributed by atoms with Crippen LogP contribution in [-0.4, -0.2) is 50.3 Å². The number of morpholine rings is 1. The smallest absolute Gasteiger partial charge is 0.188 e. The second-order valence-corrected chi connectivity index (χ2v) is 5.76. The molecule has 5 nitrogen and oxygen atoms in total. The second kappa shape index (κ2) is 10.6. The first kappa shape index (κ1) is 20.9. The Morgan fingerprint density at radius 1 is 1.46 bits per heavy atom. The predicted octanol–water partition coefficient (Wildman–Crippen LogP) is 2.30. The number of rotatable bonds is 6. The molecule has 1 atom stereocenters. The molecule has 134 valence electrons. The Balaban J connectivity index is 0.00000288. The average molecular weight is 448 g/mol. The van der Waals surface area contributed by atoms with Crippen molar-refractivity contribution in [1.29, 1.82) is 0 Å². The van der Waals surface area contributed by atoms with Crippen molar-refractivity contribution in [1.82, 2.24) is 10.2 Å². The van der Waals surface area contributed by atoms with E-state index in [1.807, 2.05) is 13.0 Å². The molecule has 7 heteroatoms. The Labute approximate surface area is 160 Å². The number of aliphatic imine (C=N–C) groups is 1. The van der Waals surface area contributed by atoms with E-state index < -0.39 is 0 Å². The third kappa shape index (κ3) is 6.74. The van der Waals surface area contributed by atoms with E-state index in [1.54, 1.807) is 12.1 Å². The van der Waals surface area contributed by atoms with Gasteiger partial charge < -0.3 is 15.8 Å². The molecule has 0 radical (unpaired) electrons. The molecule has 0 saturated carbocycles. The lowest BCUT2D eigenvalue weighted by Crippen LogP contribution is -2.41. The van der Waals surface area contributed by atoms with Crippen LogP contribution in [0.25, 0.3) is 0 Å². The van der Waals surface area contributed by atoms with Crippen LogP contribution in [0.15, 0.2) is 41.4 Å². The Morgan fingerprint density at radius 3 is 2.79 bits per heavy atom. The van der Waals surface area contributed by atoms with Crippen molar-refractivity contribution in [3.63, 3.8) is 0 Å². The van der Waals surface area contributed by atoms with Gasteiger partial charge in [-0.15, -0.1) is 24.0 Å². The van der Waals surface area contributed by atoms with Gasteiger partial charge in [0.2, 0.25) is 0 Å². The van der Waals surface area contributed by atoms with Crippen LogP contribution in [0.3, 0.4) is 0 Å². The van der Waals surface area contributed by atoms with Gasteiger partial charge in [0.15, 0.2) is 5.96 Å². The van der Waals surface area contributed by atoms with Crippen molar-refractivity contribution < 1.29 is 9.13 Å². The number of hydrogen-bond acceptors (Lipinski definition) is 3. The van der Waals surface area contributed by atoms with Crippen molar-refractivity contribution in [3.8, 4) is 0 Å². The summed E-state index contributed by atoms with van der Waals surface area (Å²) >= 11 is 0. The zero-order valence-corrected chi connectivity index (χ0v) is 16.3. The van der Waals surface area contributed by atoms with Gasteiger partial charge in [-0.25, -0.2) is 4.39 Å². The van der Waals surface area contributed by atoms with E-state index in [2.05, 4.69) is 21.8 Å². The molecule has 1 aromatic rings. The second-order valence-electron chi connectivity index (χ2n) is 5.76. The summed E-state index contributed by atoms with van der Waals surface area (Å²) in [5.41, 5.74) is 7.78. The van der Waals surface area contributed by atoms with E-state index >= 15 is 0 Å². The molecule has 0 aliphatic carbocycles. The number of benzene rings is 1. The zero-order chi connectivity index (χ0) is 16.7. The topological polar surface area (TPSA) is 62.9 Å². The fourth-order valence-electron chi connectivity index (χ4n) is 2.52. The Hall–Kier alpha value is -1.19. The van der Waals surface area contributed by atoms with Crippen LogP contribution in [-0.2, 0) is 4.74 Å². The van der Waals surface area contributed by atoms with Crippen LogP contribution >= 0.6 is 24.0 Å². The lowest BCUT2D eigenvalue weighted by molar-refractivity contribution is 0.0179. The average Bonchev–Trinajstić information content (AvgIpc) is 2.54. The van der Waals surface area contributed by atoms with Crippen molar-refractivity contribution in [3.05, 3.63) is 47.8 Å². The highest BCUT2D eigenvalue weighted by molar-refractivity contribution is 14.0. The number of nitrogens with one attached hydrogen (secondary N) is 1. The molecule has 1 aliphatic heterocycles. The van der Waals surface area contributed by atoms with E-state index in [9.17, 15) is 4.39 Å². The minimum absolute atomic E-state index is 0. The summed E-state index contributed by atoms with van der Waals surface area (Å²) in [6.45, 7) is 9.76. The number of halogens is 2.